The number of hydrogen-bond donors (Lipinski definition) is 0. The Bertz CT molecular complexity index is 1060. The van der Waals surface area contributed by atoms with Crippen LogP contribution in [0.3, 0.4) is 0 Å². The number of carbonyl (C=O) groups is 1. The average molecular weight is 451 g/mol. The van der Waals surface area contributed by atoms with Gasteiger partial charge >= 0.3 is 12.1 Å². The molecule has 0 aliphatic rings. The lowest BCUT2D eigenvalue weighted by molar-refractivity contribution is -0.143. The van der Waals surface area contributed by atoms with Crippen molar-refractivity contribution < 1.29 is 32.2 Å². The van der Waals surface area contributed by atoms with Gasteiger partial charge in [0.25, 0.3) is 0 Å². The van der Waals surface area contributed by atoms with Crippen molar-refractivity contribution >= 4 is 17.3 Å². The zero-order chi connectivity index (χ0) is 22.6. The van der Waals surface area contributed by atoms with E-state index in [9.17, 15) is 18.0 Å². The molecule has 0 bridgehead atoms. The number of alkyl halides is 3. The van der Waals surface area contributed by atoms with Gasteiger partial charge in [-0.3, -0.25) is 0 Å². The van der Waals surface area contributed by atoms with Crippen LogP contribution < -0.4 is 9.47 Å². The van der Waals surface area contributed by atoms with Crippen LogP contribution in [0.1, 0.15) is 21.7 Å². The fourth-order valence-corrected chi connectivity index (χ4v) is 3.71. The Morgan fingerprint density at radius 2 is 1.68 bits per heavy atom. The number of benzene rings is 2. The van der Waals surface area contributed by atoms with Crippen LogP contribution >= 0.6 is 11.3 Å². The number of rotatable bonds is 7. The minimum atomic E-state index is -4.37. The molecule has 9 heteroatoms. The van der Waals surface area contributed by atoms with Gasteiger partial charge in [-0.05, 0) is 38.1 Å². The molecule has 1 aromatic heterocycles. The predicted molar refractivity (Wildman–Crippen MR) is 110 cm³/mol. The van der Waals surface area contributed by atoms with E-state index in [0.29, 0.717) is 22.1 Å². The summed E-state index contributed by atoms with van der Waals surface area (Å²) in [6.45, 7) is 3.68. The minimum absolute atomic E-state index is 0.203. The smallest absolute Gasteiger partial charge is 0.416 e. The number of carbonyl (C=O) groups excluding carboxylic acids is 1. The molecule has 5 nitrogen and oxygen atoms in total. The molecule has 31 heavy (non-hydrogen) atoms. The molecule has 0 radical (unpaired) electrons. The van der Waals surface area contributed by atoms with Crippen LogP contribution in [-0.4, -0.2) is 24.7 Å². The summed E-state index contributed by atoms with van der Waals surface area (Å²) in [6, 6.07) is 10.2. The van der Waals surface area contributed by atoms with Crippen LogP contribution in [-0.2, 0) is 22.3 Å². The lowest BCUT2D eigenvalue weighted by Gasteiger charge is -2.13. The van der Waals surface area contributed by atoms with Crippen LogP contribution in [0, 0.1) is 13.8 Å². The van der Waals surface area contributed by atoms with E-state index in [4.69, 9.17) is 9.47 Å². The average Bonchev–Trinajstić information content (AvgIpc) is 3.12. The van der Waals surface area contributed by atoms with Crippen molar-refractivity contribution in [1.29, 1.82) is 0 Å². The lowest BCUT2D eigenvalue weighted by atomic mass is 10.1. The SMILES string of the molecule is COC(=O)COc1cccc(OCc2sc(-c3ccc(C(F)(F)F)cc3)nc2C)c1C. The maximum Gasteiger partial charge on any atom is 0.416 e. The van der Waals surface area contributed by atoms with Crippen molar-refractivity contribution in [2.24, 2.45) is 0 Å². The van der Waals surface area contributed by atoms with E-state index < -0.39 is 17.7 Å². The second-order valence-corrected chi connectivity index (χ2v) is 7.72. The van der Waals surface area contributed by atoms with E-state index in [1.54, 1.807) is 18.2 Å². The van der Waals surface area contributed by atoms with Crippen LogP contribution in [0.25, 0.3) is 10.6 Å². The minimum Gasteiger partial charge on any atom is -0.488 e. The third-order valence-electron chi connectivity index (χ3n) is 4.52. The summed E-state index contributed by atoms with van der Waals surface area (Å²) in [5.41, 5.74) is 1.40. The van der Waals surface area contributed by atoms with E-state index in [1.807, 2.05) is 13.8 Å². The molecule has 0 aliphatic carbocycles. The summed E-state index contributed by atoms with van der Waals surface area (Å²) in [7, 11) is 1.29. The maximum atomic E-state index is 12.8. The van der Waals surface area contributed by atoms with Crippen molar-refractivity contribution in [1.82, 2.24) is 4.98 Å². The largest absolute Gasteiger partial charge is 0.488 e. The number of thiazole rings is 1. The van der Waals surface area contributed by atoms with Gasteiger partial charge in [-0.25, -0.2) is 9.78 Å². The highest BCUT2D eigenvalue weighted by molar-refractivity contribution is 7.15. The van der Waals surface area contributed by atoms with E-state index in [-0.39, 0.29) is 13.2 Å². The van der Waals surface area contributed by atoms with Crippen LogP contribution in [0.4, 0.5) is 13.2 Å². The van der Waals surface area contributed by atoms with Gasteiger partial charge < -0.3 is 14.2 Å². The van der Waals surface area contributed by atoms with Gasteiger partial charge in [0.1, 0.15) is 23.1 Å². The molecule has 164 valence electrons. The molecule has 0 atom stereocenters. The summed E-state index contributed by atoms with van der Waals surface area (Å²) in [5, 5.41) is 0.622. The number of hydrogen-bond acceptors (Lipinski definition) is 6. The topological polar surface area (TPSA) is 57.7 Å². The molecule has 0 aliphatic heterocycles. The molecule has 0 N–H and O–H groups in total. The Kier molecular flexibility index (Phi) is 6.84. The fourth-order valence-electron chi connectivity index (χ4n) is 2.73. The van der Waals surface area contributed by atoms with Crippen molar-refractivity contribution in [3.63, 3.8) is 0 Å². The van der Waals surface area contributed by atoms with E-state index in [1.165, 1.54) is 30.6 Å². The quantitative estimate of drug-likeness (QED) is 0.439. The predicted octanol–water partition coefficient (Wildman–Crippen LogP) is 5.58. The first kappa shape index (κ1) is 22.6. The molecule has 2 aromatic carbocycles. The molecule has 0 unspecified atom stereocenters. The number of nitrogens with zero attached hydrogens (tertiary/aromatic N) is 1. The zero-order valence-corrected chi connectivity index (χ0v) is 17.9. The molecular formula is C22H20F3NO4S. The summed E-state index contributed by atoms with van der Waals surface area (Å²) in [4.78, 5) is 16.6. The van der Waals surface area contributed by atoms with Gasteiger partial charge in [0.05, 0.1) is 23.2 Å². The van der Waals surface area contributed by atoms with Crippen LogP contribution in [0.2, 0.25) is 0 Å². The summed E-state index contributed by atoms with van der Waals surface area (Å²) < 4.78 is 54.2. The second-order valence-electron chi connectivity index (χ2n) is 6.64. The van der Waals surface area contributed by atoms with Gasteiger partial charge in [0.2, 0.25) is 0 Å². The molecular weight excluding hydrogens is 431 g/mol. The number of aromatic nitrogens is 1. The van der Waals surface area contributed by atoms with E-state index in [0.717, 1.165) is 28.3 Å². The van der Waals surface area contributed by atoms with Crippen molar-refractivity contribution in [2.75, 3.05) is 13.7 Å². The monoisotopic (exact) mass is 451 g/mol. The molecule has 3 aromatic rings. The standard InChI is InChI=1S/C22H20F3NO4S/c1-13-17(5-4-6-18(13)30-12-20(27)28-3)29-11-19-14(2)26-21(31-19)15-7-9-16(10-8-15)22(23,24)25/h4-10H,11-12H2,1-3H3. The highest BCUT2D eigenvalue weighted by Gasteiger charge is 2.30. The molecule has 0 saturated heterocycles. The molecule has 1 heterocycles. The Labute approximate surface area is 181 Å². The fraction of sp³-hybridized carbons (Fsp3) is 0.273. The number of methoxy groups -OCH3 is 1. The summed E-state index contributed by atoms with van der Waals surface area (Å²) in [5.74, 6) is 0.613. The van der Waals surface area contributed by atoms with Gasteiger partial charge in [-0.15, -0.1) is 11.3 Å². The third-order valence-corrected chi connectivity index (χ3v) is 5.70. The van der Waals surface area contributed by atoms with E-state index >= 15 is 0 Å². The first-order valence-electron chi connectivity index (χ1n) is 9.25. The van der Waals surface area contributed by atoms with Crippen molar-refractivity contribution in [3.8, 4) is 22.1 Å². The van der Waals surface area contributed by atoms with Crippen LogP contribution in [0.15, 0.2) is 42.5 Å². The Hall–Kier alpha value is -3.07. The molecule has 0 amide bonds. The van der Waals surface area contributed by atoms with Gasteiger partial charge in [-0.1, -0.05) is 18.2 Å². The van der Waals surface area contributed by atoms with Crippen molar-refractivity contribution in [2.45, 2.75) is 26.6 Å². The second kappa shape index (κ2) is 9.38. The van der Waals surface area contributed by atoms with Crippen LogP contribution in [0.5, 0.6) is 11.5 Å². The molecule has 0 saturated carbocycles. The number of esters is 1. The Morgan fingerprint density at radius 3 is 2.29 bits per heavy atom. The normalized spacial score (nSPS) is 11.3. The zero-order valence-electron chi connectivity index (χ0n) is 17.1. The number of halogens is 3. The van der Waals surface area contributed by atoms with E-state index in [2.05, 4.69) is 9.72 Å². The summed E-state index contributed by atoms with van der Waals surface area (Å²) in [6.07, 6.45) is -4.37. The first-order valence-corrected chi connectivity index (χ1v) is 10.1. The van der Waals surface area contributed by atoms with Gasteiger partial charge in [0, 0.05) is 11.1 Å². The maximum absolute atomic E-state index is 12.8. The Balaban J connectivity index is 1.71. The molecule has 0 spiro atoms. The lowest BCUT2D eigenvalue weighted by Crippen LogP contribution is -2.13. The Morgan fingerprint density at radius 1 is 1.03 bits per heavy atom. The highest BCUT2D eigenvalue weighted by Crippen LogP contribution is 2.34. The molecule has 0 fully saturated rings. The molecule has 3 rings (SSSR count). The third kappa shape index (κ3) is 5.55. The van der Waals surface area contributed by atoms with Gasteiger partial charge in [-0.2, -0.15) is 13.2 Å². The first-order chi connectivity index (χ1) is 14.7. The number of ether oxygens (including phenoxy) is 3. The van der Waals surface area contributed by atoms with Gasteiger partial charge in [0.15, 0.2) is 6.61 Å². The summed E-state index contributed by atoms with van der Waals surface area (Å²) >= 11 is 1.36. The highest BCUT2D eigenvalue weighted by atomic mass is 32.1. The van der Waals surface area contributed by atoms with Crippen molar-refractivity contribution in [3.05, 3.63) is 64.2 Å². The number of aryl methyl sites for hydroxylation is 1.